The van der Waals surface area contributed by atoms with E-state index < -0.39 is 11.4 Å². The van der Waals surface area contributed by atoms with Crippen LogP contribution in [0.2, 0.25) is 0 Å². The van der Waals surface area contributed by atoms with Gasteiger partial charge in [0.2, 0.25) is 5.82 Å². The molecule has 0 bridgehead atoms. The summed E-state index contributed by atoms with van der Waals surface area (Å²) in [5.41, 5.74) is -0.408. The highest BCUT2D eigenvalue weighted by Crippen LogP contribution is 2.21. The molecule has 0 saturated heterocycles. The molecular weight excluding hydrogens is 244 g/mol. The van der Waals surface area contributed by atoms with E-state index in [0.29, 0.717) is 11.5 Å². The number of hydrogen-bond acceptors (Lipinski definition) is 7. The summed E-state index contributed by atoms with van der Waals surface area (Å²) in [7, 11) is 0. The van der Waals surface area contributed by atoms with Crippen molar-refractivity contribution in [2.75, 3.05) is 0 Å². The highest BCUT2D eigenvalue weighted by Gasteiger charge is 2.29. The van der Waals surface area contributed by atoms with Crippen LogP contribution in [0.25, 0.3) is 11.5 Å². The Labute approximate surface area is 100 Å². The summed E-state index contributed by atoms with van der Waals surface area (Å²) >= 11 is 1.18. The zero-order valence-corrected chi connectivity index (χ0v) is 10.0. The van der Waals surface area contributed by atoms with Gasteiger partial charge in [-0.05, 0) is 35.8 Å². The van der Waals surface area contributed by atoms with Crippen molar-refractivity contribution in [3.8, 4) is 11.5 Å². The maximum Gasteiger partial charge on any atom is 0.310 e. The molecule has 0 aliphatic heterocycles. The van der Waals surface area contributed by atoms with Gasteiger partial charge in [-0.25, -0.2) is 4.68 Å². The van der Waals surface area contributed by atoms with Crippen LogP contribution >= 0.6 is 11.5 Å². The van der Waals surface area contributed by atoms with Crippen LogP contribution < -0.4 is 0 Å². The number of aliphatic carboxylic acids is 1. The molecule has 0 atom stereocenters. The number of aromatic nitrogens is 6. The second-order valence-electron chi connectivity index (χ2n) is 4.14. The van der Waals surface area contributed by atoms with Gasteiger partial charge < -0.3 is 5.11 Å². The topological polar surface area (TPSA) is 107 Å². The molecule has 9 heteroatoms. The Balaban J connectivity index is 2.30. The number of tetrazole rings is 1. The Kier molecular flexibility index (Phi) is 2.84. The molecule has 2 aromatic rings. The van der Waals surface area contributed by atoms with Crippen molar-refractivity contribution in [3.63, 3.8) is 0 Å². The van der Waals surface area contributed by atoms with Crippen LogP contribution in [0, 0.1) is 5.41 Å². The molecule has 0 fully saturated rings. The number of carboxylic acid groups (broad SMARTS) is 1. The summed E-state index contributed by atoms with van der Waals surface area (Å²) in [6.07, 6.45) is 0. The third-order valence-electron chi connectivity index (χ3n) is 2.25. The lowest BCUT2D eigenvalue weighted by Gasteiger charge is -2.18. The summed E-state index contributed by atoms with van der Waals surface area (Å²) in [5, 5.41) is 25.7. The second-order valence-corrected chi connectivity index (χ2v) is 4.75. The molecule has 0 aliphatic rings. The molecule has 0 aromatic carbocycles. The van der Waals surface area contributed by atoms with Crippen LogP contribution in [0.4, 0.5) is 0 Å². The Morgan fingerprint density at radius 3 is 2.88 bits per heavy atom. The van der Waals surface area contributed by atoms with E-state index in [1.54, 1.807) is 19.2 Å². The van der Waals surface area contributed by atoms with Crippen molar-refractivity contribution in [1.82, 2.24) is 29.8 Å². The van der Waals surface area contributed by atoms with Gasteiger partial charge in [-0.2, -0.15) is 0 Å². The molecule has 8 nitrogen and oxygen atoms in total. The molecule has 90 valence electrons. The SMILES string of the molecule is CC(C)(Cn1nnnc1-c1csnn1)C(=O)O. The van der Waals surface area contributed by atoms with Crippen LogP contribution in [-0.2, 0) is 11.3 Å². The fourth-order valence-electron chi connectivity index (χ4n) is 1.20. The standard InChI is InChI=1S/C8H10N6O2S/c1-8(2,7(15)16)4-14-6(10-11-12-14)5-3-17-13-9-5/h3H,4H2,1-2H3,(H,15,16). The molecule has 0 unspecified atom stereocenters. The maximum absolute atomic E-state index is 11.0. The van der Waals surface area contributed by atoms with Crippen LogP contribution in [0.3, 0.4) is 0 Å². The predicted molar refractivity (Wildman–Crippen MR) is 58.1 cm³/mol. The largest absolute Gasteiger partial charge is 0.481 e. The summed E-state index contributed by atoms with van der Waals surface area (Å²) in [6, 6.07) is 0. The molecule has 2 heterocycles. The Bertz CT molecular complexity index is 520. The molecule has 0 spiro atoms. The summed E-state index contributed by atoms with van der Waals surface area (Å²) in [5.74, 6) is -0.483. The average molecular weight is 254 g/mol. The van der Waals surface area contributed by atoms with E-state index in [4.69, 9.17) is 5.11 Å². The summed E-state index contributed by atoms with van der Waals surface area (Å²) in [4.78, 5) is 11.0. The van der Waals surface area contributed by atoms with Gasteiger partial charge >= 0.3 is 5.97 Å². The number of carboxylic acids is 1. The summed E-state index contributed by atoms with van der Waals surface area (Å²) < 4.78 is 5.14. The normalized spacial score (nSPS) is 11.6. The monoisotopic (exact) mass is 254 g/mol. The van der Waals surface area contributed by atoms with E-state index in [-0.39, 0.29) is 6.54 Å². The van der Waals surface area contributed by atoms with Gasteiger partial charge in [0.1, 0.15) is 5.69 Å². The lowest BCUT2D eigenvalue weighted by molar-refractivity contribution is -0.147. The van der Waals surface area contributed by atoms with E-state index in [9.17, 15) is 4.79 Å². The molecule has 2 aromatic heterocycles. The van der Waals surface area contributed by atoms with Crippen molar-refractivity contribution in [2.24, 2.45) is 5.41 Å². The molecule has 0 saturated carbocycles. The van der Waals surface area contributed by atoms with Crippen molar-refractivity contribution < 1.29 is 9.90 Å². The van der Waals surface area contributed by atoms with Gasteiger partial charge in [0.25, 0.3) is 0 Å². The van der Waals surface area contributed by atoms with Crippen LogP contribution in [0.5, 0.6) is 0 Å². The average Bonchev–Trinajstić information content (AvgIpc) is 2.85. The maximum atomic E-state index is 11.0. The lowest BCUT2D eigenvalue weighted by atomic mass is 9.94. The number of hydrogen-bond donors (Lipinski definition) is 1. The van der Waals surface area contributed by atoms with E-state index >= 15 is 0 Å². The Morgan fingerprint density at radius 2 is 2.29 bits per heavy atom. The Morgan fingerprint density at radius 1 is 1.53 bits per heavy atom. The van der Waals surface area contributed by atoms with Gasteiger partial charge in [-0.15, -0.1) is 10.2 Å². The van der Waals surface area contributed by atoms with Crippen LogP contribution in [0.15, 0.2) is 5.38 Å². The minimum absolute atomic E-state index is 0.169. The van der Waals surface area contributed by atoms with Gasteiger partial charge in [0, 0.05) is 5.38 Å². The minimum Gasteiger partial charge on any atom is -0.481 e. The summed E-state index contributed by atoms with van der Waals surface area (Å²) in [6.45, 7) is 3.39. The van der Waals surface area contributed by atoms with Crippen molar-refractivity contribution in [3.05, 3.63) is 5.38 Å². The minimum atomic E-state index is -0.951. The molecule has 17 heavy (non-hydrogen) atoms. The molecule has 1 N–H and O–H groups in total. The first-order chi connectivity index (χ1) is 8.00. The first-order valence-corrected chi connectivity index (χ1v) is 5.61. The lowest BCUT2D eigenvalue weighted by Crippen LogP contribution is -2.30. The first kappa shape index (κ1) is 11.6. The van der Waals surface area contributed by atoms with Crippen LogP contribution in [-0.4, -0.2) is 40.9 Å². The van der Waals surface area contributed by atoms with Gasteiger partial charge in [-0.3, -0.25) is 4.79 Å². The smallest absolute Gasteiger partial charge is 0.310 e. The molecular formula is C8H10N6O2S. The van der Waals surface area contributed by atoms with E-state index in [2.05, 4.69) is 25.1 Å². The quantitative estimate of drug-likeness (QED) is 0.836. The molecule has 0 amide bonds. The van der Waals surface area contributed by atoms with Crippen molar-refractivity contribution in [2.45, 2.75) is 20.4 Å². The number of carbonyl (C=O) groups is 1. The third kappa shape index (κ3) is 2.28. The predicted octanol–water partition coefficient (Wildman–Crippen LogP) is 0.302. The molecule has 0 radical (unpaired) electrons. The third-order valence-corrected chi connectivity index (χ3v) is 2.75. The Hall–Kier alpha value is -1.90. The number of nitrogens with zero attached hydrogens (tertiary/aromatic N) is 6. The van der Waals surface area contributed by atoms with Gasteiger partial charge in [-0.1, -0.05) is 4.49 Å². The fourth-order valence-corrected chi connectivity index (χ4v) is 1.63. The zero-order chi connectivity index (χ0) is 12.5. The fraction of sp³-hybridized carbons (Fsp3) is 0.500. The van der Waals surface area contributed by atoms with E-state index in [1.807, 2.05) is 0 Å². The van der Waals surface area contributed by atoms with Crippen molar-refractivity contribution in [1.29, 1.82) is 0 Å². The first-order valence-electron chi connectivity index (χ1n) is 4.78. The highest BCUT2D eigenvalue weighted by molar-refractivity contribution is 7.03. The van der Waals surface area contributed by atoms with Crippen molar-refractivity contribution >= 4 is 17.5 Å². The molecule has 0 aliphatic carbocycles. The highest BCUT2D eigenvalue weighted by atomic mass is 32.1. The second kappa shape index (κ2) is 4.17. The zero-order valence-electron chi connectivity index (χ0n) is 9.23. The van der Waals surface area contributed by atoms with E-state index in [1.165, 1.54) is 16.2 Å². The van der Waals surface area contributed by atoms with E-state index in [0.717, 1.165) is 0 Å². The molecule has 2 rings (SSSR count). The van der Waals surface area contributed by atoms with Gasteiger partial charge in [0.05, 0.1) is 12.0 Å². The van der Waals surface area contributed by atoms with Gasteiger partial charge in [0.15, 0.2) is 0 Å². The van der Waals surface area contributed by atoms with Crippen LogP contribution in [0.1, 0.15) is 13.8 Å². The number of rotatable bonds is 4.